The Kier molecular flexibility index (Phi) is 6.72. The average Bonchev–Trinajstić information content (AvgIpc) is 3.28. The third-order valence-electron chi connectivity index (χ3n) is 4.67. The van der Waals surface area contributed by atoms with Crippen LogP contribution < -0.4 is 19.1 Å². The lowest BCUT2D eigenvalue weighted by Gasteiger charge is -2.20. The van der Waals surface area contributed by atoms with Crippen LogP contribution in [0.2, 0.25) is 5.02 Å². The molecule has 0 atom stereocenters. The molecule has 0 aliphatic carbocycles. The van der Waals surface area contributed by atoms with Crippen LogP contribution in [0.3, 0.4) is 0 Å². The molecule has 2 heterocycles. The van der Waals surface area contributed by atoms with E-state index in [1.807, 2.05) is 30.3 Å². The molecule has 4 rings (SSSR count). The lowest BCUT2D eigenvalue weighted by Crippen LogP contribution is -2.34. The standard InChI is InChI=1S/C23H20ClN3O4S/c1-29-17-8-3-4-9-18(17)31-14-20(28)27(13-15-7-5-6-12-25-15)23-26-21-19(30-2)11-10-16(24)22(21)32-23/h3-12H,13-14H2,1-2H3. The topological polar surface area (TPSA) is 73.8 Å². The first-order valence-electron chi connectivity index (χ1n) is 9.70. The first-order valence-corrected chi connectivity index (χ1v) is 10.9. The minimum absolute atomic E-state index is 0.200. The number of rotatable bonds is 8. The van der Waals surface area contributed by atoms with Gasteiger partial charge in [0.2, 0.25) is 0 Å². The van der Waals surface area contributed by atoms with Crippen molar-refractivity contribution in [3.8, 4) is 17.2 Å². The molecule has 7 nitrogen and oxygen atoms in total. The van der Waals surface area contributed by atoms with Crippen LogP contribution in [0, 0.1) is 0 Å². The van der Waals surface area contributed by atoms with E-state index in [-0.39, 0.29) is 19.1 Å². The van der Waals surface area contributed by atoms with Crippen LogP contribution in [0.1, 0.15) is 5.69 Å². The van der Waals surface area contributed by atoms with Crippen LogP contribution >= 0.6 is 22.9 Å². The molecule has 0 bridgehead atoms. The summed E-state index contributed by atoms with van der Waals surface area (Å²) in [6, 6.07) is 16.2. The highest BCUT2D eigenvalue weighted by atomic mass is 35.5. The predicted molar refractivity (Wildman–Crippen MR) is 125 cm³/mol. The zero-order valence-electron chi connectivity index (χ0n) is 17.4. The minimum atomic E-state index is -0.282. The van der Waals surface area contributed by atoms with E-state index >= 15 is 0 Å². The number of fused-ring (bicyclic) bond motifs is 1. The fourth-order valence-electron chi connectivity index (χ4n) is 3.09. The molecule has 0 spiro atoms. The number of methoxy groups -OCH3 is 2. The predicted octanol–water partition coefficient (Wildman–Crippen LogP) is 4.97. The highest BCUT2D eigenvalue weighted by Crippen LogP contribution is 2.39. The van der Waals surface area contributed by atoms with E-state index in [4.69, 9.17) is 25.8 Å². The number of hydrogen-bond donors (Lipinski definition) is 0. The molecule has 164 valence electrons. The summed E-state index contributed by atoms with van der Waals surface area (Å²) in [6.07, 6.45) is 1.68. The van der Waals surface area contributed by atoms with Crippen molar-refractivity contribution >= 4 is 44.2 Å². The Morgan fingerprint density at radius 2 is 1.75 bits per heavy atom. The fraction of sp³-hybridized carbons (Fsp3) is 0.174. The maximum Gasteiger partial charge on any atom is 0.267 e. The number of para-hydroxylation sites is 2. The molecule has 9 heteroatoms. The number of benzene rings is 2. The van der Waals surface area contributed by atoms with Crippen molar-refractivity contribution in [3.63, 3.8) is 0 Å². The van der Waals surface area contributed by atoms with Gasteiger partial charge in [0.25, 0.3) is 5.91 Å². The number of hydrogen-bond acceptors (Lipinski definition) is 7. The molecule has 0 fully saturated rings. The molecule has 0 aliphatic heterocycles. The van der Waals surface area contributed by atoms with Crippen LogP contribution in [0.25, 0.3) is 10.2 Å². The van der Waals surface area contributed by atoms with Crippen molar-refractivity contribution in [3.05, 3.63) is 71.5 Å². The molecule has 2 aromatic heterocycles. The van der Waals surface area contributed by atoms with Gasteiger partial charge in [0, 0.05) is 6.20 Å². The van der Waals surface area contributed by atoms with Crippen LogP contribution in [0.5, 0.6) is 17.2 Å². The maximum atomic E-state index is 13.3. The van der Waals surface area contributed by atoms with E-state index < -0.39 is 0 Å². The molecular formula is C23H20ClN3O4S. The van der Waals surface area contributed by atoms with Gasteiger partial charge in [-0.2, -0.15) is 0 Å². The fourth-order valence-corrected chi connectivity index (χ4v) is 4.37. The Labute approximate surface area is 194 Å². The maximum absolute atomic E-state index is 13.3. The van der Waals surface area contributed by atoms with Gasteiger partial charge in [-0.15, -0.1) is 0 Å². The smallest absolute Gasteiger partial charge is 0.267 e. The van der Waals surface area contributed by atoms with Crippen molar-refractivity contribution < 1.29 is 19.0 Å². The van der Waals surface area contributed by atoms with Gasteiger partial charge >= 0.3 is 0 Å². The average molecular weight is 470 g/mol. The number of pyridine rings is 1. The van der Waals surface area contributed by atoms with Crippen molar-refractivity contribution in [1.82, 2.24) is 9.97 Å². The Hall–Kier alpha value is -3.36. The molecule has 1 amide bonds. The Morgan fingerprint density at radius 3 is 2.47 bits per heavy atom. The number of carbonyl (C=O) groups is 1. The zero-order chi connectivity index (χ0) is 22.5. The second-order valence-corrected chi connectivity index (χ2v) is 8.05. The SMILES string of the molecule is COc1ccccc1OCC(=O)N(Cc1ccccn1)c1nc2c(OC)ccc(Cl)c2s1. The number of aromatic nitrogens is 2. The highest BCUT2D eigenvalue weighted by molar-refractivity contribution is 7.23. The van der Waals surface area contributed by atoms with Crippen molar-refractivity contribution in [2.45, 2.75) is 6.54 Å². The first kappa shape index (κ1) is 21.9. The number of halogens is 1. The number of ether oxygens (including phenoxy) is 3. The third-order valence-corrected chi connectivity index (χ3v) is 6.20. The number of amides is 1. The normalized spacial score (nSPS) is 10.7. The summed E-state index contributed by atoms with van der Waals surface area (Å²) < 4.78 is 17.2. The molecule has 0 saturated carbocycles. The van der Waals surface area contributed by atoms with E-state index in [0.29, 0.717) is 32.9 Å². The Bertz CT molecular complexity index is 1230. The quantitative estimate of drug-likeness (QED) is 0.362. The van der Waals surface area contributed by atoms with Crippen LogP contribution in [-0.4, -0.2) is 36.7 Å². The summed E-state index contributed by atoms with van der Waals surface area (Å²) in [5.74, 6) is 1.33. The van der Waals surface area contributed by atoms with Crippen LogP contribution in [-0.2, 0) is 11.3 Å². The van der Waals surface area contributed by atoms with E-state index in [0.717, 1.165) is 10.4 Å². The second-order valence-electron chi connectivity index (χ2n) is 6.66. The van der Waals surface area contributed by atoms with Gasteiger partial charge in [-0.1, -0.05) is 41.1 Å². The molecule has 0 aliphatic rings. The summed E-state index contributed by atoms with van der Waals surface area (Å²) in [4.78, 5) is 23.8. The van der Waals surface area contributed by atoms with Gasteiger partial charge in [0.15, 0.2) is 23.2 Å². The second kappa shape index (κ2) is 9.84. The highest BCUT2D eigenvalue weighted by Gasteiger charge is 2.23. The minimum Gasteiger partial charge on any atom is -0.494 e. The molecule has 0 N–H and O–H groups in total. The Morgan fingerprint density at radius 1 is 1.00 bits per heavy atom. The van der Waals surface area contributed by atoms with E-state index in [2.05, 4.69) is 9.97 Å². The van der Waals surface area contributed by atoms with Crippen molar-refractivity contribution in [2.75, 3.05) is 25.7 Å². The number of carbonyl (C=O) groups excluding carboxylic acids is 1. The lowest BCUT2D eigenvalue weighted by atomic mass is 10.3. The molecule has 2 aromatic carbocycles. The van der Waals surface area contributed by atoms with Gasteiger partial charge in [-0.3, -0.25) is 14.7 Å². The molecular weight excluding hydrogens is 450 g/mol. The number of thiazole rings is 1. The van der Waals surface area contributed by atoms with Gasteiger partial charge in [-0.25, -0.2) is 4.98 Å². The summed E-state index contributed by atoms with van der Waals surface area (Å²) in [5, 5.41) is 1.02. The van der Waals surface area contributed by atoms with Crippen LogP contribution in [0.4, 0.5) is 5.13 Å². The largest absolute Gasteiger partial charge is 0.494 e. The van der Waals surface area contributed by atoms with Gasteiger partial charge in [-0.05, 0) is 36.4 Å². The first-order chi connectivity index (χ1) is 15.6. The van der Waals surface area contributed by atoms with Crippen LogP contribution in [0.15, 0.2) is 60.8 Å². The molecule has 0 radical (unpaired) electrons. The summed E-state index contributed by atoms with van der Waals surface area (Å²) in [5.41, 5.74) is 1.32. The lowest BCUT2D eigenvalue weighted by molar-refractivity contribution is -0.120. The van der Waals surface area contributed by atoms with E-state index in [1.54, 1.807) is 44.7 Å². The molecule has 0 unspecified atom stereocenters. The van der Waals surface area contributed by atoms with Gasteiger partial charge in [0.1, 0.15) is 11.3 Å². The number of nitrogens with zero attached hydrogens (tertiary/aromatic N) is 3. The number of anilines is 1. The molecule has 0 saturated heterocycles. The Balaban J connectivity index is 1.66. The van der Waals surface area contributed by atoms with Crippen molar-refractivity contribution in [1.29, 1.82) is 0 Å². The third kappa shape index (κ3) is 4.61. The van der Waals surface area contributed by atoms with E-state index in [9.17, 15) is 4.79 Å². The van der Waals surface area contributed by atoms with Gasteiger partial charge in [0.05, 0.1) is 36.2 Å². The molecule has 32 heavy (non-hydrogen) atoms. The summed E-state index contributed by atoms with van der Waals surface area (Å²) in [6.45, 7) is 0.0305. The summed E-state index contributed by atoms with van der Waals surface area (Å²) >= 11 is 7.69. The summed E-state index contributed by atoms with van der Waals surface area (Å²) in [7, 11) is 3.12. The van der Waals surface area contributed by atoms with E-state index in [1.165, 1.54) is 16.2 Å². The van der Waals surface area contributed by atoms with Gasteiger partial charge < -0.3 is 14.2 Å². The van der Waals surface area contributed by atoms with Crippen molar-refractivity contribution in [2.24, 2.45) is 0 Å². The monoisotopic (exact) mass is 469 g/mol. The zero-order valence-corrected chi connectivity index (χ0v) is 19.0. The molecule has 4 aromatic rings.